The quantitative estimate of drug-likeness (QED) is 0.727. The summed E-state index contributed by atoms with van der Waals surface area (Å²) >= 11 is 2.04. The van der Waals surface area contributed by atoms with Gasteiger partial charge in [-0.15, -0.1) is 0 Å². The van der Waals surface area contributed by atoms with Gasteiger partial charge in [0.25, 0.3) is 0 Å². The van der Waals surface area contributed by atoms with Crippen LogP contribution in [0.15, 0.2) is 24.3 Å². The summed E-state index contributed by atoms with van der Waals surface area (Å²) in [6.07, 6.45) is 2.58. The molecule has 0 aromatic heterocycles. The largest absolute Gasteiger partial charge is 0.317 e. The lowest BCUT2D eigenvalue weighted by atomic mass is 10.2. The van der Waals surface area contributed by atoms with Crippen molar-refractivity contribution in [2.24, 2.45) is 0 Å². The minimum Gasteiger partial charge on any atom is -0.317 e. The highest BCUT2D eigenvalue weighted by Crippen LogP contribution is 2.15. The first-order valence-corrected chi connectivity index (χ1v) is 7.18. The monoisotopic (exact) mass is 237 g/mol. The predicted octanol–water partition coefficient (Wildman–Crippen LogP) is 3.62. The third kappa shape index (κ3) is 5.57. The zero-order chi connectivity index (χ0) is 11.8. The van der Waals surface area contributed by atoms with Crippen LogP contribution in [-0.2, 0) is 5.75 Å². The minimum absolute atomic E-state index is 0.652. The normalized spacial score (nSPS) is 12.7. The number of hydrogen-bond acceptors (Lipinski definition) is 2. The second-order valence-corrected chi connectivity index (χ2v) is 5.48. The molecule has 16 heavy (non-hydrogen) atoms. The van der Waals surface area contributed by atoms with Gasteiger partial charge in [-0.1, -0.05) is 29.8 Å². The van der Waals surface area contributed by atoms with Crippen LogP contribution in [0.1, 0.15) is 30.9 Å². The van der Waals surface area contributed by atoms with E-state index in [0.29, 0.717) is 6.04 Å². The Hall–Kier alpha value is -0.470. The Balaban J connectivity index is 2.12. The van der Waals surface area contributed by atoms with Gasteiger partial charge in [0.2, 0.25) is 0 Å². The van der Waals surface area contributed by atoms with E-state index in [1.807, 2.05) is 18.8 Å². The molecule has 0 saturated heterocycles. The summed E-state index contributed by atoms with van der Waals surface area (Å²) in [6, 6.07) is 9.45. The first-order chi connectivity index (χ1) is 7.72. The summed E-state index contributed by atoms with van der Waals surface area (Å²) in [5, 5.41) is 3.27. The summed E-state index contributed by atoms with van der Waals surface area (Å²) in [5.41, 5.74) is 2.81. The molecule has 1 N–H and O–H groups in total. The van der Waals surface area contributed by atoms with Crippen molar-refractivity contribution < 1.29 is 0 Å². The molecule has 0 aliphatic rings. The molecule has 0 amide bonds. The van der Waals surface area contributed by atoms with Gasteiger partial charge in [0.15, 0.2) is 0 Å². The third-order valence-corrected chi connectivity index (χ3v) is 3.88. The van der Waals surface area contributed by atoms with Gasteiger partial charge in [-0.25, -0.2) is 0 Å². The number of hydrogen-bond donors (Lipinski definition) is 1. The van der Waals surface area contributed by atoms with Crippen molar-refractivity contribution in [3.05, 3.63) is 35.4 Å². The van der Waals surface area contributed by atoms with Crippen molar-refractivity contribution in [1.82, 2.24) is 5.32 Å². The minimum atomic E-state index is 0.652. The molecule has 1 aromatic carbocycles. The Kier molecular flexibility index (Phi) is 6.58. The van der Waals surface area contributed by atoms with E-state index >= 15 is 0 Å². The van der Waals surface area contributed by atoms with Gasteiger partial charge in [-0.2, -0.15) is 11.8 Å². The molecule has 0 fully saturated rings. The average Bonchev–Trinajstić information content (AvgIpc) is 2.28. The molecule has 90 valence electrons. The van der Waals surface area contributed by atoms with Gasteiger partial charge in [-0.05, 0) is 45.1 Å². The summed E-state index contributed by atoms with van der Waals surface area (Å²) in [6.45, 7) is 4.40. The van der Waals surface area contributed by atoms with E-state index < -0.39 is 0 Å². The van der Waals surface area contributed by atoms with Crippen LogP contribution >= 0.6 is 11.8 Å². The lowest BCUT2D eigenvalue weighted by molar-refractivity contribution is 0.559. The maximum absolute atomic E-state index is 3.27. The van der Waals surface area contributed by atoms with E-state index in [1.54, 1.807) is 0 Å². The molecule has 0 aliphatic carbocycles. The maximum Gasteiger partial charge on any atom is 0.0184 e. The number of benzene rings is 1. The molecule has 2 heteroatoms. The number of aryl methyl sites for hydroxylation is 1. The molecule has 1 atom stereocenters. The van der Waals surface area contributed by atoms with Crippen LogP contribution in [0.4, 0.5) is 0 Å². The Labute approximate surface area is 104 Å². The van der Waals surface area contributed by atoms with Crippen molar-refractivity contribution in [3.8, 4) is 0 Å². The Morgan fingerprint density at radius 3 is 2.88 bits per heavy atom. The van der Waals surface area contributed by atoms with E-state index in [4.69, 9.17) is 0 Å². The van der Waals surface area contributed by atoms with Crippen LogP contribution in [0.2, 0.25) is 0 Å². The smallest absolute Gasteiger partial charge is 0.0184 e. The Bertz CT molecular complexity index is 299. The van der Waals surface area contributed by atoms with Crippen molar-refractivity contribution in [2.75, 3.05) is 12.8 Å². The standard InChI is InChI=1S/C14H23NS/c1-12-6-4-8-14(10-12)11-16-9-5-7-13(2)15-3/h4,6,8,10,13,15H,5,7,9,11H2,1-3H3. The van der Waals surface area contributed by atoms with Gasteiger partial charge in [0, 0.05) is 11.8 Å². The highest BCUT2D eigenvalue weighted by Gasteiger charge is 1.98. The Morgan fingerprint density at radius 2 is 2.19 bits per heavy atom. The molecule has 0 aliphatic heterocycles. The second kappa shape index (κ2) is 7.75. The maximum atomic E-state index is 3.27. The Morgan fingerprint density at radius 1 is 1.38 bits per heavy atom. The van der Waals surface area contributed by atoms with Crippen molar-refractivity contribution in [3.63, 3.8) is 0 Å². The van der Waals surface area contributed by atoms with Gasteiger partial charge in [-0.3, -0.25) is 0 Å². The topological polar surface area (TPSA) is 12.0 Å². The number of rotatable bonds is 7. The highest BCUT2D eigenvalue weighted by molar-refractivity contribution is 7.98. The van der Waals surface area contributed by atoms with Crippen LogP contribution in [0.5, 0.6) is 0 Å². The molecule has 1 unspecified atom stereocenters. The summed E-state index contributed by atoms with van der Waals surface area (Å²) in [7, 11) is 2.03. The van der Waals surface area contributed by atoms with Crippen LogP contribution < -0.4 is 5.32 Å². The van der Waals surface area contributed by atoms with Crippen molar-refractivity contribution in [2.45, 2.75) is 38.5 Å². The van der Waals surface area contributed by atoms with Crippen LogP contribution in [0.25, 0.3) is 0 Å². The average molecular weight is 237 g/mol. The number of nitrogens with one attached hydrogen (secondary N) is 1. The SMILES string of the molecule is CNC(C)CCCSCc1cccc(C)c1. The van der Waals surface area contributed by atoms with E-state index in [9.17, 15) is 0 Å². The molecular formula is C14H23NS. The van der Waals surface area contributed by atoms with E-state index in [0.717, 1.165) is 5.75 Å². The fourth-order valence-electron chi connectivity index (χ4n) is 1.63. The van der Waals surface area contributed by atoms with Crippen molar-refractivity contribution in [1.29, 1.82) is 0 Å². The predicted molar refractivity (Wildman–Crippen MR) is 75.1 cm³/mol. The lowest BCUT2D eigenvalue weighted by Gasteiger charge is -2.09. The van der Waals surface area contributed by atoms with Crippen LogP contribution in [0.3, 0.4) is 0 Å². The van der Waals surface area contributed by atoms with E-state index in [1.165, 1.54) is 29.7 Å². The molecular weight excluding hydrogens is 214 g/mol. The first kappa shape index (κ1) is 13.6. The molecule has 0 heterocycles. The van der Waals surface area contributed by atoms with Crippen molar-refractivity contribution >= 4 is 11.8 Å². The fourth-order valence-corrected chi connectivity index (χ4v) is 2.56. The molecule has 1 aromatic rings. The summed E-state index contributed by atoms with van der Waals surface area (Å²) < 4.78 is 0. The van der Waals surface area contributed by atoms with E-state index in [2.05, 4.69) is 43.4 Å². The summed E-state index contributed by atoms with van der Waals surface area (Å²) in [5.74, 6) is 2.41. The van der Waals surface area contributed by atoms with Crippen LogP contribution in [-0.4, -0.2) is 18.8 Å². The molecule has 0 bridgehead atoms. The second-order valence-electron chi connectivity index (χ2n) is 4.37. The summed E-state index contributed by atoms with van der Waals surface area (Å²) in [4.78, 5) is 0. The third-order valence-electron chi connectivity index (χ3n) is 2.77. The van der Waals surface area contributed by atoms with Gasteiger partial charge >= 0.3 is 0 Å². The highest BCUT2D eigenvalue weighted by atomic mass is 32.2. The van der Waals surface area contributed by atoms with Gasteiger partial charge < -0.3 is 5.32 Å². The molecule has 0 spiro atoms. The van der Waals surface area contributed by atoms with Gasteiger partial charge in [0.1, 0.15) is 0 Å². The molecule has 0 saturated carbocycles. The van der Waals surface area contributed by atoms with Gasteiger partial charge in [0.05, 0.1) is 0 Å². The van der Waals surface area contributed by atoms with E-state index in [-0.39, 0.29) is 0 Å². The first-order valence-electron chi connectivity index (χ1n) is 6.03. The lowest BCUT2D eigenvalue weighted by Crippen LogP contribution is -2.20. The molecule has 0 radical (unpaired) electrons. The molecule has 1 nitrogen and oxygen atoms in total. The zero-order valence-electron chi connectivity index (χ0n) is 10.6. The number of thioether (sulfide) groups is 1. The van der Waals surface area contributed by atoms with Crippen LogP contribution in [0, 0.1) is 6.92 Å². The fraction of sp³-hybridized carbons (Fsp3) is 0.571. The molecule has 1 rings (SSSR count). The zero-order valence-corrected chi connectivity index (χ0v) is 11.4.